The fraction of sp³-hybridized carbons (Fsp3) is 0.600. The van der Waals surface area contributed by atoms with Crippen molar-refractivity contribution in [1.82, 2.24) is 10.1 Å². The maximum absolute atomic E-state index is 11.8. The van der Waals surface area contributed by atoms with Crippen LogP contribution in [0.4, 0.5) is 0 Å². The summed E-state index contributed by atoms with van der Waals surface area (Å²) in [6, 6.07) is 1.82. The van der Waals surface area contributed by atoms with Gasteiger partial charge in [0.05, 0.1) is 10.9 Å². The van der Waals surface area contributed by atoms with E-state index in [-0.39, 0.29) is 5.91 Å². The second kappa shape index (κ2) is 4.35. The van der Waals surface area contributed by atoms with Crippen LogP contribution in [0, 0.1) is 6.92 Å². The van der Waals surface area contributed by atoms with Crippen LogP contribution >= 0.6 is 15.9 Å². The quantitative estimate of drug-likeness (QED) is 0.794. The van der Waals surface area contributed by atoms with Crippen LogP contribution in [0.2, 0.25) is 0 Å². The van der Waals surface area contributed by atoms with Crippen LogP contribution in [-0.4, -0.2) is 27.3 Å². The van der Waals surface area contributed by atoms with Gasteiger partial charge in [-0.2, -0.15) is 0 Å². The summed E-state index contributed by atoms with van der Waals surface area (Å²) >= 11 is 3.33. The lowest BCUT2D eigenvalue weighted by molar-refractivity contribution is -0.132. The molecule has 1 amide bonds. The van der Waals surface area contributed by atoms with Crippen LogP contribution in [0.15, 0.2) is 10.6 Å². The third-order valence-electron chi connectivity index (χ3n) is 1.93. The maximum atomic E-state index is 11.8. The Morgan fingerprint density at radius 3 is 2.67 bits per heavy atom. The summed E-state index contributed by atoms with van der Waals surface area (Å²) in [7, 11) is 1.75. The zero-order chi connectivity index (χ0) is 11.6. The Balaban J connectivity index is 2.64. The Morgan fingerprint density at radius 1 is 1.67 bits per heavy atom. The van der Waals surface area contributed by atoms with Crippen molar-refractivity contribution in [2.24, 2.45) is 0 Å². The summed E-state index contributed by atoms with van der Waals surface area (Å²) in [5, 5.41) is 3.84. The minimum Gasteiger partial charge on any atom is -0.361 e. The molecule has 0 aliphatic rings. The molecule has 0 radical (unpaired) electrons. The fourth-order valence-corrected chi connectivity index (χ4v) is 1.56. The summed E-state index contributed by atoms with van der Waals surface area (Å²) in [5.74, 6) is 0.770. The Kier molecular flexibility index (Phi) is 3.54. The lowest BCUT2D eigenvalue weighted by Crippen LogP contribution is -2.38. The number of carbonyl (C=O) groups is 1. The average Bonchev–Trinajstić information content (AvgIpc) is 2.48. The van der Waals surface area contributed by atoms with E-state index in [2.05, 4.69) is 21.1 Å². The highest BCUT2D eigenvalue weighted by molar-refractivity contribution is 9.10. The van der Waals surface area contributed by atoms with Crippen molar-refractivity contribution in [1.29, 1.82) is 0 Å². The molecule has 5 heteroatoms. The molecule has 0 saturated carbocycles. The molecule has 0 aliphatic carbocycles. The second-order valence-electron chi connectivity index (χ2n) is 4.06. The highest BCUT2D eigenvalue weighted by Crippen LogP contribution is 2.19. The normalized spacial score (nSPS) is 11.5. The van der Waals surface area contributed by atoms with E-state index in [4.69, 9.17) is 4.52 Å². The maximum Gasteiger partial charge on any atom is 0.238 e. The third-order valence-corrected chi connectivity index (χ3v) is 2.27. The number of aromatic nitrogens is 1. The zero-order valence-corrected chi connectivity index (χ0v) is 11.0. The number of carbonyl (C=O) groups excluding carboxylic acids is 1. The summed E-state index contributed by atoms with van der Waals surface area (Å²) in [6.45, 7) is 5.93. The Morgan fingerprint density at radius 2 is 2.27 bits per heavy atom. The molecule has 0 aromatic carbocycles. The van der Waals surface area contributed by atoms with Crippen molar-refractivity contribution in [2.75, 3.05) is 7.05 Å². The van der Waals surface area contributed by atoms with Gasteiger partial charge >= 0.3 is 0 Å². The molecule has 1 aromatic rings. The molecule has 0 bridgehead atoms. The average molecular weight is 275 g/mol. The Labute approximate surface area is 97.7 Å². The van der Waals surface area contributed by atoms with Gasteiger partial charge in [0.15, 0.2) is 0 Å². The first kappa shape index (κ1) is 12.2. The van der Waals surface area contributed by atoms with Crippen LogP contribution in [0.5, 0.6) is 0 Å². The lowest BCUT2D eigenvalue weighted by atomic mass is 10.2. The molecular weight excluding hydrogens is 260 g/mol. The van der Waals surface area contributed by atoms with Gasteiger partial charge in [-0.1, -0.05) is 21.1 Å². The first-order valence-electron chi connectivity index (χ1n) is 4.67. The molecule has 4 nitrogen and oxygen atoms in total. The summed E-state index contributed by atoms with van der Waals surface area (Å²) < 4.78 is 4.39. The van der Waals surface area contributed by atoms with Crippen LogP contribution < -0.4 is 0 Å². The van der Waals surface area contributed by atoms with Gasteiger partial charge in [-0.25, -0.2) is 0 Å². The van der Waals surface area contributed by atoms with E-state index < -0.39 is 4.32 Å². The molecule has 1 heterocycles. The second-order valence-corrected chi connectivity index (χ2v) is 6.05. The highest BCUT2D eigenvalue weighted by atomic mass is 79.9. The van der Waals surface area contributed by atoms with Crippen molar-refractivity contribution in [3.05, 3.63) is 17.5 Å². The van der Waals surface area contributed by atoms with Crippen molar-refractivity contribution < 1.29 is 9.32 Å². The molecule has 0 spiro atoms. The minimum absolute atomic E-state index is 0.0168. The van der Waals surface area contributed by atoms with E-state index in [0.29, 0.717) is 6.54 Å². The number of halogens is 1. The number of amides is 1. The molecule has 0 fully saturated rings. The van der Waals surface area contributed by atoms with Gasteiger partial charge in [0.25, 0.3) is 0 Å². The van der Waals surface area contributed by atoms with Crippen molar-refractivity contribution in [3.8, 4) is 0 Å². The molecule has 0 unspecified atom stereocenters. The zero-order valence-electron chi connectivity index (χ0n) is 9.37. The molecule has 0 saturated heterocycles. The van der Waals surface area contributed by atoms with Gasteiger partial charge < -0.3 is 9.42 Å². The molecular formula is C10H15BrN2O2. The molecule has 84 valence electrons. The van der Waals surface area contributed by atoms with Gasteiger partial charge in [-0.15, -0.1) is 0 Å². The largest absolute Gasteiger partial charge is 0.361 e. The van der Waals surface area contributed by atoms with E-state index in [1.807, 2.05) is 26.8 Å². The highest BCUT2D eigenvalue weighted by Gasteiger charge is 2.27. The minimum atomic E-state index is -0.541. The number of hydrogen-bond acceptors (Lipinski definition) is 3. The Hall–Kier alpha value is -0.840. The number of hydrogen-bond donors (Lipinski definition) is 0. The van der Waals surface area contributed by atoms with Gasteiger partial charge in [0.1, 0.15) is 11.5 Å². The predicted molar refractivity (Wildman–Crippen MR) is 60.7 cm³/mol. The lowest BCUT2D eigenvalue weighted by Gasteiger charge is -2.23. The predicted octanol–water partition coefficient (Wildman–Crippen LogP) is 2.11. The van der Waals surface area contributed by atoms with Crippen LogP contribution in [0.25, 0.3) is 0 Å². The van der Waals surface area contributed by atoms with Crippen molar-refractivity contribution in [2.45, 2.75) is 31.6 Å². The number of nitrogens with zero attached hydrogens (tertiary/aromatic N) is 2. The van der Waals surface area contributed by atoms with E-state index in [0.717, 1.165) is 11.5 Å². The van der Waals surface area contributed by atoms with Crippen LogP contribution in [0.1, 0.15) is 25.3 Å². The fourth-order valence-electron chi connectivity index (χ4n) is 1.26. The van der Waals surface area contributed by atoms with Gasteiger partial charge in [0, 0.05) is 13.1 Å². The van der Waals surface area contributed by atoms with Crippen molar-refractivity contribution >= 4 is 21.8 Å². The Bertz CT molecular complexity index is 355. The van der Waals surface area contributed by atoms with Crippen LogP contribution in [0.3, 0.4) is 0 Å². The first-order chi connectivity index (χ1) is 6.80. The molecule has 15 heavy (non-hydrogen) atoms. The summed E-state index contributed by atoms with van der Waals surface area (Å²) in [4.78, 5) is 13.4. The molecule has 1 rings (SSSR count). The SMILES string of the molecule is Cc1cc(CN(C)C(=O)C(C)(C)Br)no1. The van der Waals surface area contributed by atoms with Gasteiger partial charge in [-0.3, -0.25) is 4.79 Å². The molecule has 1 aromatic heterocycles. The van der Waals surface area contributed by atoms with E-state index >= 15 is 0 Å². The summed E-state index contributed by atoms with van der Waals surface area (Å²) in [6.07, 6.45) is 0. The molecule has 0 atom stereocenters. The van der Waals surface area contributed by atoms with Gasteiger partial charge in [0.2, 0.25) is 5.91 Å². The standard InChI is InChI=1S/C10H15BrN2O2/c1-7-5-8(12-15-7)6-13(4)9(14)10(2,3)11/h5H,6H2,1-4H3. The first-order valence-corrected chi connectivity index (χ1v) is 5.46. The van der Waals surface area contributed by atoms with E-state index in [1.54, 1.807) is 11.9 Å². The van der Waals surface area contributed by atoms with E-state index in [9.17, 15) is 4.79 Å². The van der Waals surface area contributed by atoms with E-state index in [1.165, 1.54) is 0 Å². The summed E-state index contributed by atoms with van der Waals surface area (Å²) in [5.41, 5.74) is 0.764. The monoisotopic (exact) mass is 274 g/mol. The molecule has 0 aliphatic heterocycles. The smallest absolute Gasteiger partial charge is 0.238 e. The third kappa shape index (κ3) is 3.34. The number of rotatable bonds is 3. The number of aryl methyl sites for hydroxylation is 1. The molecule has 0 N–H and O–H groups in total. The topological polar surface area (TPSA) is 46.3 Å². The van der Waals surface area contributed by atoms with Gasteiger partial charge in [-0.05, 0) is 20.8 Å². The number of alkyl halides is 1. The van der Waals surface area contributed by atoms with Crippen molar-refractivity contribution in [3.63, 3.8) is 0 Å². The van der Waals surface area contributed by atoms with Crippen LogP contribution in [-0.2, 0) is 11.3 Å².